The number of amides is 1. The van der Waals surface area contributed by atoms with E-state index < -0.39 is 23.2 Å². The molecular weight excluding hydrogens is 343 g/mol. The SMILES string of the molecule is CNC1=NC(=O)C(c2ccccc2)(C2CC2)c2nc(C(F)(F)F)ccc21. The molecule has 1 aromatic heterocycles. The van der Waals surface area contributed by atoms with Crippen LogP contribution in [0.5, 0.6) is 0 Å². The third-order valence-electron chi connectivity index (χ3n) is 5.02. The van der Waals surface area contributed by atoms with Crippen LogP contribution in [-0.2, 0) is 16.4 Å². The monoisotopic (exact) mass is 359 g/mol. The number of benzene rings is 1. The summed E-state index contributed by atoms with van der Waals surface area (Å²) in [6, 6.07) is 11.2. The van der Waals surface area contributed by atoms with Crippen LogP contribution in [0.4, 0.5) is 13.2 Å². The fourth-order valence-corrected chi connectivity index (χ4v) is 3.73. The highest BCUT2D eigenvalue weighted by atomic mass is 19.4. The highest BCUT2D eigenvalue weighted by Crippen LogP contribution is 2.54. The molecule has 1 amide bonds. The normalized spacial score (nSPS) is 22.6. The van der Waals surface area contributed by atoms with E-state index in [1.165, 1.54) is 6.07 Å². The van der Waals surface area contributed by atoms with Crippen LogP contribution in [0.15, 0.2) is 47.5 Å². The first-order valence-corrected chi connectivity index (χ1v) is 8.34. The van der Waals surface area contributed by atoms with Gasteiger partial charge in [0.2, 0.25) is 0 Å². The summed E-state index contributed by atoms with van der Waals surface area (Å²) in [5, 5.41) is 2.81. The second kappa shape index (κ2) is 5.65. The Morgan fingerprint density at radius 2 is 1.81 bits per heavy atom. The van der Waals surface area contributed by atoms with Crippen molar-refractivity contribution in [3.05, 3.63) is 65.0 Å². The maximum absolute atomic E-state index is 13.3. The number of fused-ring (bicyclic) bond motifs is 1. The van der Waals surface area contributed by atoms with E-state index >= 15 is 0 Å². The van der Waals surface area contributed by atoms with Gasteiger partial charge in [-0.25, -0.2) is 4.98 Å². The zero-order chi connectivity index (χ0) is 18.5. The van der Waals surface area contributed by atoms with E-state index in [0.29, 0.717) is 11.1 Å². The standard InChI is InChI=1S/C19H16F3N3O/c1-23-16-13-9-10-14(19(20,21)22)24-15(13)18(12-7-8-12,17(26)25-16)11-5-3-2-4-6-11/h2-6,9-10,12H,7-8H2,1H3,(H,23,25,26). The molecule has 2 aromatic rings. The number of pyridine rings is 1. The first-order valence-electron chi connectivity index (χ1n) is 8.34. The summed E-state index contributed by atoms with van der Waals surface area (Å²) >= 11 is 0. The number of hydrogen-bond acceptors (Lipinski definition) is 3. The molecule has 1 atom stereocenters. The highest BCUT2D eigenvalue weighted by molar-refractivity contribution is 6.13. The number of nitrogens with zero attached hydrogens (tertiary/aromatic N) is 2. The Kier molecular flexibility index (Phi) is 3.64. The van der Waals surface area contributed by atoms with E-state index in [4.69, 9.17) is 0 Å². The number of carbonyl (C=O) groups excluding carboxylic acids is 1. The molecule has 4 rings (SSSR count). The first kappa shape index (κ1) is 16.8. The van der Waals surface area contributed by atoms with Gasteiger partial charge in [-0.1, -0.05) is 30.3 Å². The van der Waals surface area contributed by atoms with Gasteiger partial charge in [0.1, 0.15) is 16.9 Å². The van der Waals surface area contributed by atoms with Crippen molar-refractivity contribution in [1.29, 1.82) is 0 Å². The molecule has 0 radical (unpaired) electrons. The van der Waals surface area contributed by atoms with Crippen molar-refractivity contribution >= 4 is 11.7 Å². The van der Waals surface area contributed by atoms with Crippen LogP contribution in [0.3, 0.4) is 0 Å². The fourth-order valence-electron chi connectivity index (χ4n) is 3.73. The quantitative estimate of drug-likeness (QED) is 0.895. The number of alkyl halides is 3. The van der Waals surface area contributed by atoms with Crippen molar-refractivity contribution in [3.8, 4) is 0 Å². The molecule has 1 unspecified atom stereocenters. The van der Waals surface area contributed by atoms with E-state index in [1.807, 2.05) is 0 Å². The van der Waals surface area contributed by atoms with Crippen molar-refractivity contribution in [2.45, 2.75) is 24.4 Å². The zero-order valence-electron chi connectivity index (χ0n) is 14.0. The lowest BCUT2D eigenvalue weighted by Crippen LogP contribution is -2.46. The minimum atomic E-state index is -4.58. The van der Waals surface area contributed by atoms with Crippen LogP contribution in [0.2, 0.25) is 0 Å². The van der Waals surface area contributed by atoms with Crippen LogP contribution in [-0.4, -0.2) is 23.8 Å². The third kappa shape index (κ3) is 2.34. The van der Waals surface area contributed by atoms with Crippen molar-refractivity contribution in [2.24, 2.45) is 10.9 Å². The largest absolute Gasteiger partial charge is 0.433 e. The molecule has 0 spiro atoms. The lowest BCUT2D eigenvalue weighted by atomic mass is 9.69. The number of amidine groups is 1. The predicted octanol–water partition coefficient (Wildman–Crippen LogP) is 3.30. The predicted molar refractivity (Wildman–Crippen MR) is 89.8 cm³/mol. The molecule has 2 heterocycles. The number of aliphatic imine (C=N–C) groups is 1. The number of nitrogens with one attached hydrogen (secondary N) is 1. The van der Waals surface area contributed by atoms with Gasteiger partial charge in [-0.05, 0) is 36.5 Å². The second-order valence-corrected chi connectivity index (χ2v) is 6.55. The summed E-state index contributed by atoms with van der Waals surface area (Å²) in [6.45, 7) is 0. The summed E-state index contributed by atoms with van der Waals surface area (Å²) in [5.41, 5.74) is -1.04. The molecule has 1 fully saturated rings. The molecular formula is C19H16F3N3O. The average Bonchev–Trinajstić information content (AvgIpc) is 3.46. The summed E-state index contributed by atoms with van der Waals surface area (Å²) < 4.78 is 39.9. The smallest absolute Gasteiger partial charge is 0.372 e. The molecule has 1 N–H and O–H groups in total. The van der Waals surface area contributed by atoms with Crippen LogP contribution in [0, 0.1) is 5.92 Å². The zero-order valence-corrected chi connectivity index (χ0v) is 14.0. The molecule has 1 aliphatic heterocycles. The molecule has 1 aliphatic carbocycles. The number of hydrogen-bond donors (Lipinski definition) is 1. The van der Waals surface area contributed by atoms with Crippen LogP contribution in [0.25, 0.3) is 0 Å². The molecule has 134 valence electrons. The Bertz CT molecular complexity index is 904. The summed E-state index contributed by atoms with van der Waals surface area (Å²) in [5.74, 6) is -0.317. The van der Waals surface area contributed by atoms with Gasteiger partial charge in [-0.15, -0.1) is 0 Å². The Labute approximate surface area is 148 Å². The topological polar surface area (TPSA) is 54.4 Å². The minimum Gasteiger partial charge on any atom is -0.372 e. The molecule has 0 saturated heterocycles. The van der Waals surface area contributed by atoms with Gasteiger partial charge in [-0.2, -0.15) is 18.2 Å². The number of aromatic nitrogens is 1. The van der Waals surface area contributed by atoms with Crippen molar-refractivity contribution in [1.82, 2.24) is 10.3 Å². The second-order valence-electron chi connectivity index (χ2n) is 6.55. The van der Waals surface area contributed by atoms with Crippen molar-refractivity contribution in [2.75, 3.05) is 7.05 Å². The van der Waals surface area contributed by atoms with E-state index in [0.717, 1.165) is 18.9 Å². The summed E-state index contributed by atoms with van der Waals surface area (Å²) in [7, 11) is 1.58. The van der Waals surface area contributed by atoms with E-state index in [2.05, 4.69) is 15.3 Å². The Balaban J connectivity index is 2.05. The average molecular weight is 359 g/mol. The van der Waals surface area contributed by atoms with Gasteiger partial charge in [0.25, 0.3) is 5.91 Å². The van der Waals surface area contributed by atoms with Crippen LogP contribution in [0.1, 0.15) is 35.4 Å². The van der Waals surface area contributed by atoms with Gasteiger partial charge in [0.15, 0.2) is 0 Å². The van der Waals surface area contributed by atoms with E-state index in [-0.39, 0.29) is 17.4 Å². The maximum atomic E-state index is 13.3. The van der Waals surface area contributed by atoms with Gasteiger partial charge >= 0.3 is 6.18 Å². The van der Waals surface area contributed by atoms with Gasteiger partial charge < -0.3 is 5.32 Å². The van der Waals surface area contributed by atoms with Crippen LogP contribution < -0.4 is 5.32 Å². The minimum absolute atomic E-state index is 0.103. The number of carbonyl (C=O) groups is 1. The van der Waals surface area contributed by atoms with Crippen molar-refractivity contribution in [3.63, 3.8) is 0 Å². The van der Waals surface area contributed by atoms with Gasteiger partial charge in [0, 0.05) is 12.6 Å². The van der Waals surface area contributed by atoms with Crippen molar-refractivity contribution < 1.29 is 18.0 Å². The number of halogens is 3. The molecule has 1 saturated carbocycles. The Morgan fingerprint density at radius 1 is 1.12 bits per heavy atom. The molecule has 26 heavy (non-hydrogen) atoms. The fraction of sp³-hybridized carbons (Fsp3) is 0.316. The molecule has 4 nitrogen and oxygen atoms in total. The highest BCUT2D eigenvalue weighted by Gasteiger charge is 2.57. The van der Waals surface area contributed by atoms with Crippen LogP contribution >= 0.6 is 0 Å². The lowest BCUT2D eigenvalue weighted by Gasteiger charge is -2.36. The molecule has 1 aromatic carbocycles. The third-order valence-corrected chi connectivity index (χ3v) is 5.02. The molecule has 2 aliphatic rings. The van der Waals surface area contributed by atoms with Gasteiger partial charge in [-0.3, -0.25) is 4.79 Å². The maximum Gasteiger partial charge on any atom is 0.433 e. The summed E-state index contributed by atoms with van der Waals surface area (Å²) in [4.78, 5) is 21.3. The molecule has 0 bridgehead atoms. The molecule has 7 heteroatoms. The van der Waals surface area contributed by atoms with E-state index in [9.17, 15) is 18.0 Å². The number of rotatable bonds is 2. The summed E-state index contributed by atoms with van der Waals surface area (Å²) in [6.07, 6.45) is -3.08. The Hall–Kier alpha value is -2.70. The van der Waals surface area contributed by atoms with Gasteiger partial charge in [0.05, 0.1) is 5.69 Å². The van der Waals surface area contributed by atoms with E-state index in [1.54, 1.807) is 37.4 Å². The Morgan fingerprint density at radius 3 is 2.38 bits per heavy atom. The first-order chi connectivity index (χ1) is 12.4. The lowest BCUT2D eigenvalue weighted by molar-refractivity contribution is -0.141.